The first-order valence-corrected chi connectivity index (χ1v) is 11.0. The Hall–Kier alpha value is -3.12. The topological polar surface area (TPSA) is 70.1 Å². The number of Topliss-reactive ketones (excluding diaryl/α,β-unsaturated/α-hetero) is 1. The third kappa shape index (κ3) is 4.70. The Bertz CT molecular complexity index is 1020. The molecule has 1 aliphatic rings. The molecule has 2 aromatic rings. The molecular weight excluding hydrogens is 404 g/mol. The van der Waals surface area contributed by atoms with E-state index in [2.05, 4.69) is 6.92 Å². The molecule has 1 aliphatic heterocycles. The predicted molar refractivity (Wildman–Crippen MR) is 126 cm³/mol. The lowest BCUT2D eigenvalue weighted by molar-refractivity contribution is -0.139. The van der Waals surface area contributed by atoms with E-state index in [0.717, 1.165) is 30.5 Å². The van der Waals surface area contributed by atoms with E-state index in [0.29, 0.717) is 17.9 Å². The van der Waals surface area contributed by atoms with Gasteiger partial charge in [0.05, 0.1) is 18.7 Å². The Morgan fingerprint density at radius 2 is 1.81 bits per heavy atom. The molecule has 0 aliphatic carbocycles. The third-order valence-electron chi connectivity index (χ3n) is 5.94. The maximum atomic E-state index is 13.1. The summed E-state index contributed by atoms with van der Waals surface area (Å²) in [5.41, 5.74) is 3.41. The van der Waals surface area contributed by atoms with Crippen molar-refractivity contribution in [2.75, 3.05) is 34.3 Å². The van der Waals surface area contributed by atoms with Gasteiger partial charge in [0.1, 0.15) is 11.5 Å². The first-order valence-electron chi connectivity index (χ1n) is 11.0. The Kier molecular flexibility index (Phi) is 7.36. The van der Waals surface area contributed by atoms with Crippen molar-refractivity contribution in [3.63, 3.8) is 0 Å². The van der Waals surface area contributed by atoms with Crippen LogP contribution in [-0.2, 0) is 16.0 Å². The number of rotatable bonds is 8. The van der Waals surface area contributed by atoms with E-state index in [1.54, 1.807) is 30.2 Å². The highest BCUT2D eigenvalue weighted by Crippen LogP contribution is 2.40. The Morgan fingerprint density at radius 1 is 1.12 bits per heavy atom. The quantitative estimate of drug-likeness (QED) is 0.386. The van der Waals surface area contributed by atoms with Crippen molar-refractivity contribution >= 4 is 17.4 Å². The van der Waals surface area contributed by atoms with Crippen molar-refractivity contribution in [3.8, 4) is 5.75 Å². The molecule has 0 aromatic heterocycles. The fourth-order valence-electron chi connectivity index (χ4n) is 4.12. The third-order valence-corrected chi connectivity index (χ3v) is 5.94. The van der Waals surface area contributed by atoms with E-state index in [-0.39, 0.29) is 11.3 Å². The molecule has 170 valence electrons. The molecule has 1 unspecified atom stereocenters. The van der Waals surface area contributed by atoms with Gasteiger partial charge in [-0.1, -0.05) is 31.2 Å². The van der Waals surface area contributed by atoms with Crippen molar-refractivity contribution in [1.82, 2.24) is 9.80 Å². The van der Waals surface area contributed by atoms with Gasteiger partial charge in [0, 0.05) is 12.1 Å². The monoisotopic (exact) mass is 436 g/mol. The summed E-state index contributed by atoms with van der Waals surface area (Å²) in [6, 6.07) is 12.5. The van der Waals surface area contributed by atoms with E-state index in [4.69, 9.17) is 4.74 Å². The molecule has 1 saturated heterocycles. The number of amides is 1. The van der Waals surface area contributed by atoms with E-state index in [1.165, 1.54) is 5.56 Å². The zero-order valence-electron chi connectivity index (χ0n) is 19.5. The number of ketones is 1. The fourth-order valence-corrected chi connectivity index (χ4v) is 4.12. The number of benzene rings is 2. The maximum absolute atomic E-state index is 13.1. The van der Waals surface area contributed by atoms with Crippen LogP contribution in [0.2, 0.25) is 0 Å². The second-order valence-electron chi connectivity index (χ2n) is 8.43. The molecule has 6 nitrogen and oxygen atoms in total. The summed E-state index contributed by atoms with van der Waals surface area (Å²) < 4.78 is 5.26. The molecule has 3 rings (SSSR count). The SMILES string of the molecule is CCc1ccc(C2/C(=C(\O)c3ccc(OC)cc3C)C(=O)C(=O)N2CCCN(C)C)cc1. The van der Waals surface area contributed by atoms with Crippen LogP contribution in [0.25, 0.3) is 5.76 Å². The normalized spacial score (nSPS) is 17.9. The van der Waals surface area contributed by atoms with Gasteiger partial charge in [0.2, 0.25) is 0 Å². The summed E-state index contributed by atoms with van der Waals surface area (Å²) in [5.74, 6) is -0.703. The second kappa shape index (κ2) is 10.0. The van der Waals surface area contributed by atoms with Crippen LogP contribution in [0.1, 0.15) is 41.6 Å². The van der Waals surface area contributed by atoms with Crippen LogP contribution >= 0.6 is 0 Å². The molecule has 1 amide bonds. The molecule has 0 radical (unpaired) electrons. The van der Waals surface area contributed by atoms with Gasteiger partial charge >= 0.3 is 0 Å². The number of hydrogen-bond donors (Lipinski definition) is 1. The smallest absolute Gasteiger partial charge is 0.295 e. The summed E-state index contributed by atoms with van der Waals surface area (Å²) in [6.07, 6.45) is 1.62. The molecule has 1 fully saturated rings. The first-order chi connectivity index (χ1) is 15.3. The zero-order valence-corrected chi connectivity index (χ0v) is 19.5. The van der Waals surface area contributed by atoms with Crippen LogP contribution < -0.4 is 4.74 Å². The molecule has 6 heteroatoms. The number of aryl methyl sites for hydroxylation is 2. The first kappa shape index (κ1) is 23.5. The lowest BCUT2D eigenvalue weighted by Crippen LogP contribution is -2.32. The molecule has 2 aromatic carbocycles. The summed E-state index contributed by atoms with van der Waals surface area (Å²) >= 11 is 0. The van der Waals surface area contributed by atoms with Crippen LogP contribution in [0, 0.1) is 6.92 Å². The molecule has 1 heterocycles. The van der Waals surface area contributed by atoms with Crippen molar-refractivity contribution < 1.29 is 19.4 Å². The Labute approximate surface area is 190 Å². The molecule has 0 bridgehead atoms. The number of likely N-dealkylation sites (tertiary alicyclic amines) is 1. The lowest BCUT2D eigenvalue weighted by Gasteiger charge is -2.26. The van der Waals surface area contributed by atoms with E-state index in [9.17, 15) is 14.7 Å². The average molecular weight is 437 g/mol. The van der Waals surface area contributed by atoms with Gasteiger partial charge in [-0.05, 0) is 75.3 Å². The standard InChI is InChI=1S/C26H32N2O4/c1-6-18-8-10-19(11-9-18)23-22(24(29)21-13-12-20(32-5)16-17(21)2)25(30)26(31)28(23)15-7-14-27(3)4/h8-13,16,23,29H,6-7,14-15H2,1-5H3/b24-22+. The Morgan fingerprint density at radius 3 is 2.38 bits per heavy atom. The number of nitrogens with zero attached hydrogens (tertiary/aromatic N) is 2. The van der Waals surface area contributed by atoms with Crippen molar-refractivity contribution in [2.24, 2.45) is 0 Å². The van der Waals surface area contributed by atoms with Gasteiger partial charge in [-0.25, -0.2) is 0 Å². The van der Waals surface area contributed by atoms with E-state index >= 15 is 0 Å². The van der Waals surface area contributed by atoms with Crippen LogP contribution in [0.5, 0.6) is 5.75 Å². The summed E-state index contributed by atoms with van der Waals surface area (Å²) in [4.78, 5) is 29.8. The summed E-state index contributed by atoms with van der Waals surface area (Å²) in [6.45, 7) is 5.15. The number of aliphatic hydroxyl groups is 1. The number of ether oxygens (including phenoxy) is 1. The highest BCUT2D eigenvalue weighted by molar-refractivity contribution is 6.46. The minimum atomic E-state index is -0.646. The number of carbonyl (C=O) groups is 2. The van der Waals surface area contributed by atoms with Crippen LogP contribution in [0.3, 0.4) is 0 Å². The molecule has 0 spiro atoms. The number of hydrogen-bond acceptors (Lipinski definition) is 5. The Balaban J connectivity index is 2.11. The summed E-state index contributed by atoms with van der Waals surface area (Å²) in [5, 5.41) is 11.2. The highest BCUT2D eigenvalue weighted by atomic mass is 16.5. The van der Waals surface area contributed by atoms with Gasteiger partial charge < -0.3 is 19.6 Å². The minimum absolute atomic E-state index is 0.136. The van der Waals surface area contributed by atoms with Crippen LogP contribution in [0.4, 0.5) is 0 Å². The largest absolute Gasteiger partial charge is 0.507 e. The average Bonchev–Trinajstić information content (AvgIpc) is 3.03. The molecule has 1 atom stereocenters. The van der Waals surface area contributed by atoms with Crippen molar-refractivity contribution in [2.45, 2.75) is 32.7 Å². The van der Waals surface area contributed by atoms with Gasteiger partial charge in [0.15, 0.2) is 0 Å². The molecule has 32 heavy (non-hydrogen) atoms. The van der Waals surface area contributed by atoms with E-state index in [1.807, 2.05) is 50.2 Å². The molecule has 0 saturated carbocycles. The fraction of sp³-hybridized carbons (Fsp3) is 0.385. The second-order valence-corrected chi connectivity index (χ2v) is 8.43. The zero-order chi connectivity index (χ0) is 23.4. The van der Waals surface area contributed by atoms with Crippen LogP contribution in [-0.4, -0.2) is 60.9 Å². The van der Waals surface area contributed by atoms with Crippen LogP contribution in [0.15, 0.2) is 48.0 Å². The van der Waals surface area contributed by atoms with Crippen molar-refractivity contribution in [1.29, 1.82) is 0 Å². The van der Waals surface area contributed by atoms with Gasteiger partial charge in [-0.2, -0.15) is 0 Å². The van der Waals surface area contributed by atoms with Gasteiger partial charge in [0.25, 0.3) is 11.7 Å². The number of methoxy groups -OCH3 is 1. The molecule has 1 N–H and O–H groups in total. The highest BCUT2D eigenvalue weighted by Gasteiger charge is 2.45. The number of carbonyl (C=O) groups excluding carboxylic acids is 2. The van der Waals surface area contributed by atoms with Gasteiger partial charge in [-0.15, -0.1) is 0 Å². The van der Waals surface area contributed by atoms with E-state index < -0.39 is 17.7 Å². The maximum Gasteiger partial charge on any atom is 0.295 e. The minimum Gasteiger partial charge on any atom is -0.507 e. The van der Waals surface area contributed by atoms with Crippen molar-refractivity contribution in [3.05, 3.63) is 70.3 Å². The van der Waals surface area contributed by atoms with Gasteiger partial charge in [-0.3, -0.25) is 9.59 Å². The summed E-state index contributed by atoms with van der Waals surface area (Å²) in [7, 11) is 5.52. The lowest BCUT2D eigenvalue weighted by atomic mass is 9.93. The molecular formula is C26H32N2O4. The predicted octanol–water partition coefficient (Wildman–Crippen LogP) is 3.94. The number of aliphatic hydroxyl groups excluding tert-OH is 1.